The van der Waals surface area contributed by atoms with Crippen LogP contribution in [0.15, 0.2) is 42.5 Å². The maximum Gasteiger partial charge on any atom is 0.151 e. The summed E-state index contributed by atoms with van der Waals surface area (Å²) in [7, 11) is 1.55. The van der Waals surface area contributed by atoms with Crippen LogP contribution in [0.2, 0.25) is 5.02 Å². The van der Waals surface area contributed by atoms with Gasteiger partial charge >= 0.3 is 0 Å². The van der Waals surface area contributed by atoms with Gasteiger partial charge in [0, 0.05) is 11.1 Å². The zero-order chi connectivity index (χ0) is 13.0. The molecule has 4 heteroatoms. The normalized spacial score (nSPS) is 10.1. The van der Waals surface area contributed by atoms with E-state index in [4.69, 9.17) is 16.4 Å². The van der Waals surface area contributed by atoms with Gasteiger partial charge in [0.15, 0.2) is 6.29 Å². The summed E-state index contributed by atoms with van der Waals surface area (Å²) in [4.78, 5) is 15.7. The topological polar surface area (TPSA) is 38.3 Å². The molecule has 92 valence electrons. The monoisotopic (exact) mass is 261 g/mol. The molecule has 18 heavy (non-hydrogen) atoms. The van der Waals surface area contributed by atoms with E-state index in [2.05, 4.69) is 5.48 Å². The van der Waals surface area contributed by atoms with Crippen molar-refractivity contribution in [2.45, 2.75) is 0 Å². The molecular formula is C14H12ClNO2. The molecule has 1 N–H and O–H groups in total. The lowest BCUT2D eigenvalue weighted by atomic mass is 10.0. The van der Waals surface area contributed by atoms with Crippen LogP contribution in [0.25, 0.3) is 11.1 Å². The Hall–Kier alpha value is -1.84. The summed E-state index contributed by atoms with van der Waals surface area (Å²) in [5.41, 5.74) is 5.87. The first-order chi connectivity index (χ1) is 8.76. The first-order valence-electron chi connectivity index (χ1n) is 5.39. The van der Waals surface area contributed by atoms with Gasteiger partial charge in [-0.1, -0.05) is 41.9 Å². The lowest BCUT2D eigenvalue weighted by Gasteiger charge is -2.08. The summed E-state index contributed by atoms with van der Waals surface area (Å²) >= 11 is 6.17. The van der Waals surface area contributed by atoms with E-state index in [0.29, 0.717) is 10.6 Å². The molecule has 0 radical (unpaired) electrons. The van der Waals surface area contributed by atoms with Crippen molar-refractivity contribution in [1.82, 2.24) is 0 Å². The Morgan fingerprint density at radius 2 is 1.89 bits per heavy atom. The number of rotatable bonds is 4. The van der Waals surface area contributed by atoms with Crippen molar-refractivity contribution in [3.05, 3.63) is 53.1 Å². The highest BCUT2D eigenvalue weighted by Gasteiger charge is 2.07. The highest BCUT2D eigenvalue weighted by atomic mass is 35.5. The van der Waals surface area contributed by atoms with E-state index >= 15 is 0 Å². The number of nitrogens with one attached hydrogen (secondary N) is 1. The Bertz CT molecular complexity index is 552. The van der Waals surface area contributed by atoms with Crippen LogP contribution in [0.4, 0.5) is 5.69 Å². The second kappa shape index (κ2) is 5.67. The van der Waals surface area contributed by atoms with Crippen molar-refractivity contribution in [3.8, 4) is 11.1 Å². The predicted octanol–water partition coefficient (Wildman–Crippen LogP) is 3.79. The molecule has 0 aliphatic heterocycles. The highest BCUT2D eigenvalue weighted by Crippen LogP contribution is 2.30. The number of carbonyl (C=O) groups excluding carboxylic acids is 1. The fraction of sp³-hybridized carbons (Fsp3) is 0.0714. The average molecular weight is 262 g/mol. The van der Waals surface area contributed by atoms with Crippen LogP contribution >= 0.6 is 11.6 Å². The van der Waals surface area contributed by atoms with Gasteiger partial charge < -0.3 is 0 Å². The van der Waals surface area contributed by atoms with E-state index in [9.17, 15) is 4.79 Å². The summed E-state index contributed by atoms with van der Waals surface area (Å²) in [5, 5.41) is 0.472. The van der Waals surface area contributed by atoms with Crippen molar-refractivity contribution in [2.75, 3.05) is 12.6 Å². The van der Waals surface area contributed by atoms with Crippen LogP contribution in [-0.2, 0) is 4.84 Å². The highest BCUT2D eigenvalue weighted by molar-refractivity contribution is 6.35. The van der Waals surface area contributed by atoms with Crippen LogP contribution in [0.3, 0.4) is 0 Å². The molecule has 2 rings (SSSR count). The van der Waals surface area contributed by atoms with E-state index < -0.39 is 0 Å². The third-order valence-corrected chi connectivity index (χ3v) is 2.99. The maximum atomic E-state index is 10.8. The Labute approximate surface area is 110 Å². The van der Waals surface area contributed by atoms with E-state index in [1.807, 2.05) is 36.4 Å². The Morgan fingerprint density at radius 1 is 1.17 bits per heavy atom. The van der Waals surface area contributed by atoms with Crippen LogP contribution in [0, 0.1) is 0 Å². The number of benzene rings is 2. The second-order valence-corrected chi connectivity index (χ2v) is 4.09. The molecule has 0 unspecified atom stereocenters. The Kier molecular flexibility index (Phi) is 3.97. The van der Waals surface area contributed by atoms with Gasteiger partial charge in [0.1, 0.15) is 0 Å². The van der Waals surface area contributed by atoms with Crippen LogP contribution in [0.5, 0.6) is 0 Å². The first-order valence-corrected chi connectivity index (χ1v) is 5.77. The first kappa shape index (κ1) is 12.6. The fourth-order valence-electron chi connectivity index (χ4n) is 1.70. The SMILES string of the molecule is CONc1ccc(-c2cccc(C=O)c2Cl)cc1. The van der Waals surface area contributed by atoms with E-state index in [1.54, 1.807) is 13.2 Å². The third kappa shape index (κ3) is 2.53. The van der Waals surface area contributed by atoms with E-state index in [-0.39, 0.29) is 0 Å². The molecular weight excluding hydrogens is 250 g/mol. The van der Waals surface area contributed by atoms with Crippen molar-refractivity contribution in [1.29, 1.82) is 0 Å². The predicted molar refractivity (Wildman–Crippen MR) is 72.9 cm³/mol. The molecule has 3 nitrogen and oxygen atoms in total. The lowest BCUT2D eigenvalue weighted by molar-refractivity contribution is 0.112. The van der Waals surface area contributed by atoms with Gasteiger partial charge in [0.2, 0.25) is 0 Å². The number of hydrogen-bond donors (Lipinski definition) is 1. The van der Waals surface area contributed by atoms with Gasteiger partial charge in [-0.25, -0.2) is 0 Å². The number of anilines is 1. The van der Waals surface area contributed by atoms with E-state index in [1.165, 1.54) is 0 Å². The molecule has 0 aliphatic rings. The average Bonchev–Trinajstić information content (AvgIpc) is 2.41. The molecule has 0 heterocycles. The molecule has 0 atom stereocenters. The van der Waals surface area contributed by atoms with E-state index in [0.717, 1.165) is 23.1 Å². The summed E-state index contributed by atoms with van der Waals surface area (Å²) in [6.45, 7) is 0. The lowest BCUT2D eigenvalue weighted by Crippen LogP contribution is -1.94. The molecule has 0 saturated carbocycles. The second-order valence-electron chi connectivity index (χ2n) is 3.71. The summed E-state index contributed by atoms with van der Waals surface area (Å²) in [6.07, 6.45) is 0.757. The largest absolute Gasteiger partial charge is 0.298 e. The van der Waals surface area contributed by atoms with Crippen molar-refractivity contribution < 1.29 is 9.63 Å². The standard InChI is InChI=1S/C14H12ClNO2/c1-18-16-12-7-5-10(6-8-12)13-4-2-3-11(9-17)14(13)15/h2-9,16H,1H3. The summed E-state index contributed by atoms with van der Waals surface area (Å²) < 4.78 is 0. The number of halogens is 1. The third-order valence-electron chi connectivity index (χ3n) is 2.57. The molecule has 0 spiro atoms. The van der Waals surface area contributed by atoms with Crippen molar-refractivity contribution >= 4 is 23.6 Å². The fourth-order valence-corrected chi connectivity index (χ4v) is 1.98. The Balaban J connectivity index is 2.39. The minimum Gasteiger partial charge on any atom is -0.298 e. The number of carbonyl (C=O) groups is 1. The summed E-state index contributed by atoms with van der Waals surface area (Å²) in [6, 6.07) is 13.0. The Morgan fingerprint density at radius 3 is 2.50 bits per heavy atom. The summed E-state index contributed by atoms with van der Waals surface area (Å²) in [5.74, 6) is 0. The van der Waals surface area contributed by atoms with Gasteiger partial charge in [-0.3, -0.25) is 15.1 Å². The molecule has 0 fully saturated rings. The number of hydrogen-bond acceptors (Lipinski definition) is 3. The smallest absolute Gasteiger partial charge is 0.151 e. The van der Waals surface area contributed by atoms with Crippen LogP contribution < -0.4 is 5.48 Å². The molecule has 2 aromatic rings. The minimum absolute atomic E-state index is 0.472. The molecule has 0 amide bonds. The molecule has 0 bridgehead atoms. The zero-order valence-electron chi connectivity index (χ0n) is 9.81. The van der Waals surface area contributed by atoms with Gasteiger partial charge in [-0.15, -0.1) is 0 Å². The van der Waals surface area contributed by atoms with Crippen LogP contribution in [0.1, 0.15) is 10.4 Å². The van der Waals surface area contributed by atoms with Crippen molar-refractivity contribution in [3.63, 3.8) is 0 Å². The molecule has 2 aromatic carbocycles. The van der Waals surface area contributed by atoms with Crippen LogP contribution in [-0.4, -0.2) is 13.4 Å². The van der Waals surface area contributed by atoms with Gasteiger partial charge in [-0.05, 0) is 17.7 Å². The quantitative estimate of drug-likeness (QED) is 0.672. The van der Waals surface area contributed by atoms with Gasteiger partial charge in [0.05, 0.1) is 17.8 Å². The zero-order valence-corrected chi connectivity index (χ0v) is 10.6. The van der Waals surface area contributed by atoms with Gasteiger partial charge in [0.25, 0.3) is 0 Å². The number of aldehydes is 1. The van der Waals surface area contributed by atoms with Crippen molar-refractivity contribution in [2.24, 2.45) is 0 Å². The molecule has 0 aromatic heterocycles. The molecule has 0 saturated heterocycles. The maximum absolute atomic E-state index is 10.8. The molecule has 0 aliphatic carbocycles. The minimum atomic E-state index is 0.472. The van der Waals surface area contributed by atoms with Gasteiger partial charge in [-0.2, -0.15) is 0 Å².